The summed E-state index contributed by atoms with van der Waals surface area (Å²) in [5.41, 5.74) is 4.91. The fourth-order valence-electron chi connectivity index (χ4n) is 3.22. The van der Waals surface area contributed by atoms with Crippen LogP contribution in [0, 0.1) is 17.8 Å². The van der Waals surface area contributed by atoms with Gasteiger partial charge in [-0.15, -0.1) is 0 Å². The van der Waals surface area contributed by atoms with Crippen molar-refractivity contribution in [2.24, 2.45) is 23.5 Å². The molecular weight excluding hydrogens is 342 g/mol. The van der Waals surface area contributed by atoms with Crippen molar-refractivity contribution in [1.29, 1.82) is 0 Å². The lowest BCUT2D eigenvalue weighted by Crippen LogP contribution is -2.49. The highest BCUT2D eigenvalue weighted by molar-refractivity contribution is 6.08. The molecule has 0 aromatic rings. The third kappa shape index (κ3) is 3.76. The number of urea groups is 1. The molecule has 0 aromatic carbocycles. The van der Waals surface area contributed by atoms with Gasteiger partial charge in [-0.25, -0.2) is 9.59 Å². The number of imide groups is 2. The van der Waals surface area contributed by atoms with E-state index in [9.17, 15) is 24.0 Å². The van der Waals surface area contributed by atoms with Gasteiger partial charge < -0.3 is 10.5 Å². The summed E-state index contributed by atoms with van der Waals surface area (Å²) in [7, 11) is 0. The number of hydrogen-bond acceptors (Lipinski definition) is 6. The predicted octanol–water partition coefficient (Wildman–Crippen LogP) is 0.0888. The lowest BCUT2D eigenvalue weighted by atomic mass is 9.85. The topological polar surface area (TPSA) is 136 Å². The Morgan fingerprint density at radius 3 is 2.04 bits per heavy atom. The van der Waals surface area contributed by atoms with E-state index in [0.29, 0.717) is 12.8 Å². The summed E-state index contributed by atoms with van der Waals surface area (Å²) in [4.78, 5) is 61.2. The van der Waals surface area contributed by atoms with Gasteiger partial charge in [-0.1, -0.05) is 26.0 Å². The number of ether oxygens (including phenoxy) is 1. The highest BCUT2D eigenvalue weighted by Gasteiger charge is 2.50. The van der Waals surface area contributed by atoms with Crippen molar-refractivity contribution in [2.75, 3.05) is 0 Å². The molecule has 1 aliphatic carbocycles. The zero-order chi connectivity index (χ0) is 19.6. The number of primary amides is 1. The van der Waals surface area contributed by atoms with Crippen LogP contribution >= 0.6 is 0 Å². The fraction of sp³-hybridized carbons (Fsp3) is 0.588. The van der Waals surface area contributed by atoms with Crippen molar-refractivity contribution in [3.05, 3.63) is 12.2 Å². The molecule has 1 heterocycles. The van der Waals surface area contributed by atoms with Crippen molar-refractivity contribution in [3.63, 3.8) is 0 Å². The normalized spacial score (nSPS) is 24.2. The third-order valence-corrected chi connectivity index (χ3v) is 4.62. The lowest BCUT2D eigenvalue weighted by molar-refractivity contribution is -0.166. The molecule has 0 saturated carbocycles. The Morgan fingerprint density at radius 2 is 1.62 bits per heavy atom. The molecule has 0 spiro atoms. The predicted molar refractivity (Wildman–Crippen MR) is 89.1 cm³/mol. The summed E-state index contributed by atoms with van der Waals surface area (Å²) in [6, 6.07) is -2.23. The summed E-state index contributed by atoms with van der Waals surface area (Å²) < 4.78 is 5.18. The number of allylic oxidation sites excluding steroid dienone is 2. The van der Waals surface area contributed by atoms with Crippen molar-refractivity contribution in [1.82, 2.24) is 10.2 Å². The van der Waals surface area contributed by atoms with Crippen LogP contribution in [0.1, 0.15) is 33.6 Å². The molecular formula is C17H23N3O6. The number of esters is 1. The minimum Gasteiger partial charge on any atom is -0.450 e. The van der Waals surface area contributed by atoms with Crippen LogP contribution in [0.25, 0.3) is 0 Å². The Kier molecular flexibility index (Phi) is 5.79. The molecule has 2 rings (SSSR count). The maximum Gasteiger partial charge on any atom is 0.329 e. The van der Waals surface area contributed by atoms with Gasteiger partial charge in [0.15, 0.2) is 6.10 Å². The first kappa shape index (κ1) is 19.6. The smallest absolute Gasteiger partial charge is 0.329 e. The Morgan fingerprint density at radius 1 is 1.12 bits per heavy atom. The van der Waals surface area contributed by atoms with E-state index in [1.54, 1.807) is 13.8 Å². The quantitative estimate of drug-likeness (QED) is 0.402. The zero-order valence-corrected chi connectivity index (χ0v) is 14.9. The lowest BCUT2D eigenvalue weighted by Gasteiger charge is -2.25. The van der Waals surface area contributed by atoms with Crippen LogP contribution in [0.2, 0.25) is 0 Å². The minimum atomic E-state index is -1.27. The maximum atomic E-state index is 12.5. The first-order chi connectivity index (χ1) is 12.1. The van der Waals surface area contributed by atoms with Gasteiger partial charge in [0, 0.05) is 0 Å². The minimum absolute atomic E-state index is 0.406. The van der Waals surface area contributed by atoms with E-state index < -0.39 is 59.6 Å². The monoisotopic (exact) mass is 365 g/mol. The van der Waals surface area contributed by atoms with Gasteiger partial charge >= 0.3 is 12.0 Å². The number of carbonyl (C=O) groups is 5. The van der Waals surface area contributed by atoms with Gasteiger partial charge in [0.1, 0.15) is 6.04 Å². The molecule has 1 saturated heterocycles. The van der Waals surface area contributed by atoms with Gasteiger partial charge in [0.25, 0.3) is 5.91 Å². The van der Waals surface area contributed by atoms with E-state index in [2.05, 4.69) is 0 Å². The van der Waals surface area contributed by atoms with Crippen LogP contribution in [0.3, 0.4) is 0 Å². The van der Waals surface area contributed by atoms with E-state index in [1.807, 2.05) is 17.5 Å². The largest absolute Gasteiger partial charge is 0.450 e. The summed E-state index contributed by atoms with van der Waals surface area (Å²) in [6.07, 6.45) is 3.35. The van der Waals surface area contributed by atoms with Crippen LogP contribution in [-0.2, 0) is 23.9 Å². The number of nitrogens with two attached hydrogens (primary N) is 1. The second-order valence-corrected chi connectivity index (χ2v) is 6.83. The number of nitrogens with one attached hydrogen (secondary N) is 1. The molecule has 9 heteroatoms. The molecule has 3 N–H and O–H groups in total. The van der Waals surface area contributed by atoms with Crippen molar-refractivity contribution >= 4 is 29.7 Å². The number of rotatable bonds is 5. The maximum absolute atomic E-state index is 12.5. The van der Waals surface area contributed by atoms with Gasteiger partial charge in [0.05, 0.1) is 11.8 Å². The molecule has 1 fully saturated rings. The first-order valence-electron chi connectivity index (χ1n) is 8.47. The zero-order valence-electron chi connectivity index (χ0n) is 14.9. The van der Waals surface area contributed by atoms with Crippen molar-refractivity contribution in [2.45, 2.75) is 45.8 Å². The molecule has 0 aromatic heterocycles. The fourth-order valence-corrected chi connectivity index (χ4v) is 3.22. The number of fused-ring (bicyclic) bond motifs is 1. The van der Waals surface area contributed by atoms with Crippen LogP contribution in [0.4, 0.5) is 4.79 Å². The molecule has 0 unspecified atom stereocenters. The summed E-state index contributed by atoms with van der Waals surface area (Å²) >= 11 is 0. The molecule has 142 valence electrons. The van der Waals surface area contributed by atoms with Gasteiger partial charge in [-0.2, -0.15) is 0 Å². The van der Waals surface area contributed by atoms with Crippen LogP contribution in [-0.4, -0.2) is 46.8 Å². The number of nitrogens with zero attached hydrogens (tertiary/aromatic N) is 1. The van der Waals surface area contributed by atoms with Crippen LogP contribution in [0.15, 0.2) is 12.2 Å². The Labute approximate surface area is 150 Å². The average Bonchev–Trinajstić information content (AvgIpc) is 2.82. The van der Waals surface area contributed by atoms with Gasteiger partial charge in [-0.05, 0) is 25.7 Å². The highest BCUT2D eigenvalue weighted by Crippen LogP contribution is 2.36. The van der Waals surface area contributed by atoms with Crippen molar-refractivity contribution in [3.8, 4) is 0 Å². The van der Waals surface area contributed by atoms with Crippen LogP contribution in [0.5, 0.6) is 0 Å². The molecule has 5 amide bonds. The number of carbonyl (C=O) groups excluding carboxylic acids is 5. The Balaban J connectivity index is 2.11. The van der Waals surface area contributed by atoms with E-state index in [0.717, 1.165) is 4.90 Å². The summed E-state index contributed by atoms with van der Waals surface area (Å²) in [6.45, 7) is 4.62. The Hall–Kier alpha value is -2.71. The molecule has 26 heavy (non-hydrogen) atoms. The number of likely N-dealkylation sites (tertiary alicyclic amines) is 1. The molecule has 4 atom stereocenters. The SMILES string of the molecule is CC(C)[C@@H](OC(=O)[C@H](C)N1C(=O)[C@H]2CC=CC[C@@H]2C1=O)C(=O)NC(N)=O. The molecule has 0 bridgehead atoms. The molecule has 0 radical (unpaired) electrons. The van der Waals surface area contributed by atoms with E-state index in [1.165, 1.54) is 6.92 Å². The van der Waals surface area contributed by atoms with E-state index in [4.69, 9.17) is 10.5 Å². The second kappa shape index (κ2) is 7.67. The van der Waals surface area contributed by atoms with Gasteiger partial charge in [-0.3, -0.25) is 24.6 Å². The van der Waals surface area contributed by atoms with Crippen LogP contribution < -0.4 is 11.1 Å². The highest BCUT2D eigenvalue weighted by atomic mass is 16.6. The Bertz CT molecular complexity index is 645. The molecule has 2 aliphatic rings. The van der Waals surface area contributed by atoms with E-state index >= 15 is 0 Å². The molecule has 9 nitrogen and oxygen atoms in total. The summed E-state index contributed by atoms with van der Waals surface area (Å²) in [5.74, 6) is -3.92. The molecule has 1 aliphatic heterocycles. The van der Waals surface area contributed by atoms with E-state index in [-0.39, 0.29) is 0 Å². The average molecular weight is 365 g/mol. The van der Waals surface area contributed by atoms with Gasteiger partial charge in [0.2, 0.25) is 11.8 Å². The summed E-state index contributed by atoms with van der Waals surface area (Å²) in [5, 5.41) is 1.86. The second-order valence-electron chi connectivity index (χ2n) is 6.83. The third-order valence-electron chi connectivity index (χ3n) is 4.62. The number of amides is 5. The standard InChI is InChI=1S/C17H23N3O6/c1-8(2)12(13(21)19-17(18)25)26-16(24)9(3)20-14(22)10-6-4-5-7-11(10)15(20)23/h4-5,8-12H,6-7H2,1-3H3,(H3,18,19,21,25)/t9-,10-,11-,12+/m0/s1. The van der Waals surface area contributed by atoms with Crippen molar-refractivity contribution < 1.29 is 28.7 Å². The number of hydrogen-bond donors (Lipinski definition) is 2. The first-order valence-corrected chi connectivity index (χ1v) is 8.47.